The van der Waals surface area contributed by atoms with E-state index in [0.29, 0.717) is 0 Å². The van der Waals surface area contributed by atoms with E-state index in [4.69, 9.17) is 0 Å². The number of hydrogen-bond donors (Lipinski definition) is 0. The van der Waals surface area contributed by atoms with E-state index in [-0.39, 0.29) is 5.91 Å². The van der Waals surface area contributed by atoms with Crippen LogP contribution in [0.3, 0.4) is 0 Å². The predicted octanol–water partition coefficient (Wildman–Crippen LogP) is 3.77. The molecule has 1 amide bonds. The zero-order chi connectivity index (χ0) is 17.5. The molecular formula is C21H24N2OS. The lowest BCUT2D eigenvalue weighted by atomic mass is 10.2. The minimum absolute atomic E-state index is 0.105. The van der Waals surface area contributed by atoms with Crippen LogP contribution in [0, 0.1) is 0 Å². The van der Waals surface area contributed by atoms with Crippen molar-refractivity contribution in [2.75, 3.05) is 32.4 Å². The molecule has 0 radical (unpaired) electrons. The summed E-state index contributed by atoms with van der Waals surface area (Å²) in [5.74, 6) is 0.105. The highest BCUT2D eigenvalue weighted by Gasteiger charge is 2.19. The molecule has 1 aliphatic heterocycles. The first-order valence-electron chi connectivity index (χ1n) is 8.62. The van der Waals surface area contributed by atoms with Gasteiger partial charge in [-0.3, -0.25) is 9.69 Å². The molecule has 1 saturated heterocycles. The molecule has 0 N–H and O–H groups in total. The van der Waals surface area contributed by atoms with Crippen molar-refractivity contribution in [3.63, 3.8) is 0 Å². The van der Waals surface area contributed by atoms with Crippen LogP contribution in [0.5, 0.6) is 0 Å². The van der Waals surface area contributed by atoms with Gasteiger partial charge in [0, 0.05) is 43.7 Å². The summed E-state index contributed by atoms with van der Waals surface area (Å²) in [6.45, 7) is 4.40. The van der Waals surface area contributed by atoms with E-state index in [9.17, 15) is 4.79 Å². The highest BCUT2D eigenvalue weighted by atomic mass is 32.2. The molecule has 1 aliphatic rings. The van der Waals surface area contributed by atoms with Crippen molar-refractivity contribution in [3.05, 3.63) is 71.8 Å². The number of nitrogens with zero attached hydrogens (tertiary/aromatic N) is 2. The molecule has 1 fully saturated rings. The Bertz CT molecular complexity index is 704. The van der Waals surface area contributed by atoms with Gasteiger partial charge in [-0.05, 0) is 35.6 Å². The molecule has 0 aliphatic carbocycles. The first-order valence-corrected chi connectivity index (χ1v) is 9.84. The van der Waals surface area contributed by atoms with E-state index in [0.717, 1.165) is 38.3 Å². The second-order valence-electron chi connectivity index (χ2n) is 6.19. The molecule has 0 spiro atoms. The van der Waals surface area contributed by atoms with Gasteiger partial charge >= 0.3 is 0 Å². The minimum atomic E-state index is 0.105. The molecule has 0 saturated carbocycles. The second kappa shape index (κ2) is 8.88. The maximum Gasteiger partial charge on any atom is 0.246 e. The normalized spacial score (nSPS) is 15.6. The number of thioether (sulfide) groups is 1. The van der Waals surface area contributed by atoms with E-state index in [1.165, 1.54) is 10.5 Å². The first-order chi connectivity index (χ1) is 12.2. The topological polar surface area (TPSA) is 23.6 Å². The highest BCUT2D eigenvalue weighted by Crippen LogP contribution is 2.16. The van der Waals surface area contributed by atoms with Crippen molar-refractivity contribution >= 4 is 23.7 Å². The smallest absolute Gasteiger partial charge is 0.246 e. The number of rotatable bonds is 5. The molecule has 0 unspecified atom stereocenters. The first kappa shape index (κ1) is 17.8. The van der Waals surface area contributed by atoms with Gasteiger partial charge in [0.1, 0.15) is 0 Å². The summed E-state index contributed by atoms with van der Waals surface area (Å²) in [5.41, 5.74) is 2.39. The molecule has 3 nitrogen and oxygen atoms in total. The van der Waals surface area contributed by atoms with E-state index in [1.807, 2.05) is 29.2 Å². The summed E-state index contributed by atoms with van der Waals surface area (Å²) < 4.78 is 0. The molecule has 4 heteroatoms. The third-order valence-electron chi connectivity index (χ3n) is 4.47. The lowest BCUT2D eigenvalue weighted by molar-refractivity contribution is -0.127. The van der Waals surface area contributed by atoms with Crippen molar-refractivity contribution in [1.82, 2.24) is 9.80 Å². The fourth-order valence-electron chi connectivity index (χ4n) is 2.96. The molecule has 0 aromatic heterocycles. The van der Waals surface area contributed by atoms with Gasteiger partial charge in [0.2, 0.25) is 5.91 Å². The average Bonchev–Trinajstić information content (AvgIpc) is 2.68. The molecular weight excluding hydrogens is 328 g/mol. The van der Waals surface area contributed by atoms with Crippen LogP contribution in [0.2, 0.25) is 0 Å². The van der Waals surface area contributed by atoms with Gasteiger partial charge in [-0.15, -0.1) is 11.8 Å². The molecule has 130 valence electrons. The monoisotopic (exact) mass is 352 g/mol. The zero-order valence-electron chi connectivity index (χ0n) is 14.6. The largest absolute Gasteiger partial charge is 0.337 e. The van der Waals surface area contributed by atoms with Gasteiger partial charge in [0.15, 0.2) is 0 Å². The lowest BCUT2D eigenvalue weighted by Crippen LogP contribution is -2.47. The van der Waals surface area contributed by atoms with E-state index >= 15 is 0 Å². The summed E-state index contributed by atoms with van der Waals surface area (Å²) in [6, 6.07) is 18.8. The van der Waals surface area contributed by atoms with Crippen molar-refractivity contribution in [2.45, 2.75) is 11.4 Å². The Morgan fingerprint density at radius 1 is 1.00 bits per heavy atom. The standard InChI is InChI=1S/C21H24N2OS/c1-25-20-10-7-18(8-11-20)9-12-21(24)23-15-13-22(14-16-23)17-19-5-3-2-4-6-19/h2-12H,13-17H2,1H3. The fraction of sp³-hybridized carbons (Fsp3) is 0.286. The summed E-state index contributed by atoms with van der Waals surface area (Å²) in [4.78, 5) is 18.0. The molecule has 25 heavy (non-hydrogen) atoms. The quantitative estimate of drug-likeness (QED) is 0.605. The van der Waals surface area contributed by atoms with Gasteiger partial charge in [-0.25, -0.2) is 0 Å². The summed E-state index contributed by atoms with van der Waals surface area (Å²) in [7, 11) is 0. The number of carbonyl (C=O) groups excluding carboxylic acids is 1. The Labute approximate surface area is 154 Å². The molecule has 0 atom stereocenters. The van der Waals surface area contributed by atoms with Crippen LogP contribution in [0.4, 0.5) is 0 Å². The van der Waals surface area contributed by atoms with Gasteiger partial charge in [0.05, 0.1) is 0 Å². The zero-order valence-corrected chi connectivity index (χ0v) is 15.4. The SMILES string of the molecule is CSc1ccc(C=CC(=O)N2CCN(Cc3ccccc3)CC2)cc1. The minimum Gasteiger partial charge on any atom is -0.337 e. The molecule has 1 heterocycles. The number of benzene rings is 2. The van der Waals surface area contributed by atoms with Crippen molar-refractivity contribution in [2.24, 2.45) is 0 Å². The summed E-state index contributed by atoms with van der Waals surface area (Å²) >= 11 is 1.72. The van der Waals surface area contributed by atoms with Gasteiger partial charge < -0.3 is 4.90 Å². The number of hydrogen-bond acceptors (Lipinski definition) is 3. The van der Waals surface area contributed by atoms with Gasteiger partial charge in [-0.2, -0.15) is 0 Å². The molecule has 2 aromatic carbocycles. The Kier molecular flexibility index (Phi) is 6.31. The number of piperazine rings is 1. The van der Waals surface area contributed by atoms with Crippen LogP contribution in [0.1, 0.15) is 11.1 Å². The van der Waals surface area contributed by atoms with Gasteiger partial charge in [-0.1, -0.05) is 42.5 Å². The Morgan fingerprint density at radius 2 is 1.68 bits per heavy atom. The van der Waals surface area contributed by atoms with Gasteiger partial charge in [0.25, 0.3) is 0 Å². The lowest BCUT2D eigenvalue weighted by Gasteiger charge is -2.34. The predicted molar refractivity (Wildman–Crippen MR) is 106 cm³/mol. The van der Waals surface area contributed by atoms with Crippen LogP contribution in [0.25, 0.3) is 6.08 Å². The highest BCUT2D eigenvalue weighted by molar-refractivity contribution is 7.98. The van der Waals surface area contributed by atoms with Crippen LogP contribution >= 0.6 is 11.8 Å². The average molecular weight is 353 g/mol. The van der Waals surface area contributed by atoms with Crippen LogP contribution < -0.4 is 0 Å². The summed E-state index contributed by atoms with van der Waals surface area (Å²) in [5, 5.41) is 0. The van der Waals surface area contributed by atoms with Crippen molar-refractivity contribution < 1.29 is 4.79 Å². The van der Waals surface area contributed by atoms with E-state index in [1.54, 1.807) is 17.8 Å². The molecule has 0 bridgehead atoms. The van der Waals surface area contributed by atoms with Crippen molar-refractivity contribution in [3.8, 4) is 0 Å². The fourth-order valence-corrected chi connectivity index (χ4v) is 3.36. The Balaban J connectivity index is 1.48. The number of carbonyl (C=O) groups is 1. The maximum absolute atomic E-state index is 12.4. The van der Waals surface area contributed by atoms with Crippen LogP contribution in [-0.2, 0) is 11.3 Å². The maximum atomic E-state index is 12.4. The molecule has 2 aromatic rings. The van der Waals surface area contributed by atoms with Crippen LogP contribution in [-0.4, -0.2) is 48.1 Å². The third kappa shape index (κ3) is 5.21. The van der Waals surface area contributed by atoms with Crippen molar-refractivity contribution in [1.29, 1.82) is 0 Å². The Morgan fingerprint density at radius 3 is 2.32 bits per heavy atom. The number of amides is 1. The van der Waals surface area contributed by atoms with Crippen LogP contribution in [0.15, 0.2) is 65.6 Å². The third-order valence-corrected chi connectivity index (χ3v) is 5.21. The molecule has 3 rings (SSSR count). The van der Waals surface area contributed by atoms with E-state index < -0.39 is 0 Å². The van der Waals surface area contributed by atoms with E-state index in [2.05, 4.69) is 47.6 Å². The Hall–Kier alpha value is -2.04. The second-order valence-corrected chi connectivity index (χ2v) is 7.07. The summed E-state index contributed by atoms with van der Waals surface area (Å²) in [6.07, 6.45) is 5.66.